The molecule has 0 bridgehead atoms. The molecule has 0 saturated heterocycles. The van der Waals surface area contributed by atoms with E-state index in [0.29, 0.717) is 18.8 Å². The number of benzene rings is 2. The van der Waals surface area contributed by atoms with Crippen molar-refractivity contribution in [2.75, 3.05) is 11.9 Å². The van der Waals surface area contributed by atoms with Gasteiger partial charge >= 0.3 is 11.8 Å². The third kappa shape index (κ3) is 3.55. The lowest BCUT2D eigenvalue weighted by Crippen LogP contribution is -2.42. The van der Waals surface area contributed by atoms with Crippen molar-refractivity contribution >= 4 is 40.1 Å². The van der Waals surface area contributed by atoms with Gasteiger partial charge in [-0.25, -0.2) is 0 Å². The van der Waals surface area contributed by atoms with Crippen molar-refractivity contribution in [3.8, 4) is 0 Å². The molecule has 5 heteroatoms. The zero-order chi connectivity index (χ0) is 16.4. The van der Waals surface area contributed by atoms with E-state index in [4.69, 9.17) is 0 Å². The lowest BCUT2D eigenvalue weighted by Gasteiger charge is -2.28. The van der Waals surface area contributed by atoms with Gasteiger partial charge in [0.25, 0.3) is 0 Å². The molecule has 1 heterocycles. The van der Waals surface area contributed by atoms with Gasteiger partial charge in [0.1, 0.15) is 0 Å². The fourth-order valence-corrected chi connectivity index (χ4v) is 3.40. The fourth-order valence-electron chi connectivity index (χ4n) is 2.76. The number of nitrogens with one attached hydrogen (secondary N) is 1. The van der Waals surface area contributed by atoms with Crippen LogP contribution in [0.5, 0.6) is 0 Å². The highest BCUT2D eigenvalue weighted by atomic mass is 127. The predicted molar refractivity (Wildman–Crippen MR) is 98.1 cm³/mol. The molecule has 0 fully saturated rings. The zero-order valence-corrected chi connectivity index (χ0v) is 15.0. The Hall–Kier alpha value is -1.89. The van der Waals surface area contributed by atoms with Gasteiger partial charge in [-0.2, -0.15) is 0 Å². The van der Waals surface area contributed by atoms with Crippen LogP contribution >= 0.6 is 22.6 Å². The van der Waals surface area contributed by atoms with Crippen molar-refractivity contribution in [3.05, 3.63) is 62.7 Å². The maximum Gasteiger partial charge on any atom is 0.313 e. The highest BCUT2D eigenvalue weighted by molar-refractivity contribution is 14.1. The Morgan fingerprint density at radius 3 is 2.61 bits per heavy atom. The summed E-state index contributed by atoms with van der Waals surface area (Å²) in [6.07, 6.45) is 0.789. The van der Waals surface area contributed by atoms with Gasteiger partial charge in [0.15, 0.2) is 0 Å². The number of amides is 2. The van der Waals surface area contributed by atoms with Gasteiger partial charge in [-0.3, -0.25) is 9.59 Å². The molecule has 0 atom stereocenters. The summed E-state index contributed by atoms with van der Waals surface area (Å²) in [6, 6.07) is 13.8. The van der Waals surface area contributed by atoms with Crippen LogP contribution in [-0.4, -0.2) is 23.3 Å². The number of aryl methyl sites for hydroxylation is 1. The first-order chi connectivity index (χ1) is 11.0. The minimum Gasteiger partial charge on any atom is -0.330 e. The summed E-state index contributed by atoms with van der Waals surface area (Å²) < 4.78 is 1.09. The topological polar surface area (TPSA) is 49.4 Å². The molecule has 2 aromatic carbocycles. The van der Waals surface area contributed by atoms with Crippen LogP contribution in [0.15, 0.2) is 42.5 Å². The molecule has 1 aliphatic rings. The van der Waals surface area contributed by atoms with Crippen LogP contribution in [0.2, 0.25) is 0 Å². The van der Waals surface area contributed by atoms with Crippen molar-refractivity contribution < 1.29 is 9.59 Å². The van der Waals surface area contributed by atoms with E-state index in [1.54, 1.807) is 4.90 Å². The van der Waals surface area contributed by atoms with E-state index >= 15 is 0 Å². The smallest absolute Gasteiger partial charge is 0.313 e. The van der Waals surface area contributed by atoms with Crippen LogP contribution in [0.25, 0.3) is 0 Å². The summed E-state index contributed by atoms with van der Waals surface area (Å²) in [6.45, 7) is 2.99. The number of carbonyl (C=O) groups is 2. The Morgan fingerprint density at radius 2 is 1.87 bits per heavy atom. The van der Waals surface area contributed by atoms with Gasteiger partial charge in [-0.05, 0) is 70.8 Å². The second-order valence-corrected chi connectivity index (χ2v) is 6.90. The first-order valence-electron chi connectivity index (χ1n) is 7.48. The number of nitrogens with zero attached hydrogens (tertiary/aromatic N) is 1. The van der Waals surface area contributed by atoms with Crippen molar-refractivity contribution in [2.45, 2.75) is 19.9 Å². The predicted octanol–water partition coefficient (Wildman–Crippen LogP) is 3.12. The zero-order valence-electron chi connectivity index (χ0n) is 12.8. The fraction of sp³-hybridized carbons (Fsp3) is 0.222. The first-order valence-corrected chi connectivity index (χ1v) is 8.55. The quantitative estimate of drug-likeness (QED) is 0.570. The molecule has 1 N–H and O–H groups in total. The van der Waals surface area contributed by atoms with E-state index in [2.05, 4.69) is 34.0 Å². The molecule has 0 saturated carbocycles. The van der Waals surface area contributed by atoms with Crippen LogP contribution in [0.4, 0.5) is 5.69 Å². The number of halogens is 1. The Kier molecular flexibility index (Phi) is 4.66. The Bertz CT molecular complexity index is 773. The summed E-state index contributed by atoms with van der Waals surface area (Å²) in [7, 11) is 0. The van der Waals surface area contributed by atoms with Crippen LogP contribution in [0, 0.1) is 10.5 Å². The maximum atomic E-state index is 12.4. The monoisotopic (exact) mass is 420 g/mol. The molecule has 0 radical (unpaired) electrons. The van der Waals surface area contributed by atoms with Crippen LogP contribution in [0.1, 0.15) is 16.7 Å². The third-order valence-corrected chi connectivity index (χ3v) is 4.72. The average Bonchev–Trinajstić information content (AvgIpc) is 2.56. The number of anilines is 1. The molecule has 2 amide bonds. The van der Waals surface area contributed by atoms with Gasteiger partial charge < -0.3 is 10.2 Å². The van der Waals surface area contributed by atoms with Gasteiger partial charge in [-0.1, -0.05) is 24.3 Å². The number of hydrogen-bond acceptors (Lipinski definition) is 2. The molecular formula is C18H17IN2O2. The minimum absolute atomic E-state index is 0.475. The standard InChI is InChI=1S/C18H17IN2O2/c1-12-10-15(19)6-7-16(12)20-17(22)18(23)21-9-8-13-4-2-3-5-14(13)11-21/h2-7,10H,8-9,11H2,1H3,(H,20,22). The molecular weight excluding hydrogens is 403 g/mol. The number of rotatable bonds is 1. The number of fused-ring (bicyclic) bond motifs is 1. The van der Waals surface area contributed by atoms with Crippen molar-refractivity contribution in [3.63, 3.8) is 0 Å². The van der Waals surface area contributed by atoms with Crippen LogP contribution in [0.3, 0.4) is 0 Å². The summed E-state index contributed by atoms with van der Waals surface area (Å²) in [4.78, 5) is 26.3. The maximum absolute atomic E-state index is 12.4. The minimum atomic E-state index is -0.575. The van der Waals surface area contributed by atoms with Crippen molar-refractivity contribution in [2.24, 2.45) is 0 Å². The summed E-state index contributed by atoms with van der Waals surface area (Å²) in [5, 5.41) is 2.72. The van der Waals surface area contributed by atoms with E-state index in [0.717, 1.165) is 21.1 Å². The van der Waals surface area contributed by atoms with E-state index in [1.807, 2.05) is 43.3 Å². The first kappa shape index (κ1) is 16.0. The van der Waals surface area contributed by atoms with Gasteiger partial charge in [-0.15, -0.1) is 0 Å². The molecule has 0 aliphatic carbocycles. The lowest BCUT2D eigenvalue weighted by molar-refractivity contribution is -0.143. The molecule has 4 nitrogen and oxygen atoms in total. The van der Waals surface area contributed by atoms with Crippen molar-refractivity contribution in [1.29, 1.82) is 0 Å². The molecule has 3 rings (SSSR count). The average molecular weight is 420 g/mol. The Labute approximate surface area is 149 Å². The van der Waals surface area contributed by atoms with Crippen molar-refractivity contribution in [1.82, 2.24) is 4.90 Å². The molecule has 1 aliphatic heterocycles. The van der Waals surface area contributed by atoms with Gasteiger partial charge in [0.2, 0.25) is 0 Å². The SMILES string of the molecule is Cc1cc(I)ccc1NC(=O)C(=O)N1CCc2ccccc2C1. The summed E-state index contributed by atoms with van der Waals surface area (Å²) in [5.74, 6) is -1.05. The second kappa shape index (κ2) is 6.70. The van der Waals surface area contributed by atoms with E-state index in [9.17, 15) is 9.59 Å². The second-order valence-electron chi connectivity index (χ2n) is 5.66. The van der Waals surface area contributed by atoms with Gasteiger partial charge in [0.05, 0.1) is 0 Å². The largest absolute Gasteiger partial charge is 0.330 e. The highest BCUT2D eigenvalue weighted by Gasteiger charge is 2.25. The van der Waals surface area contributed by atoms with E-state index < -0.39 is 11.8 Å². The molecule has 0 aromatic heterocycles. The Morgan fingerprint density at radius 1 is 1.13 bits per heavy atom. The van der Waals surface area contributed by atoms with Gasteiger partial charge in [0, 0.05) is 22.3 Å². The molecule has 0 unspecified atom stereocenters. The van der Waals surface area contributed by atoms with Crippen LogP contribution < -0.4 is 5.32 Å². The lowest BCUT2D eigenvalue weighted by atomic mass is 10.00. The molecule has 23 heavy (non-hydrogen) atoms. The molecule has 0 spiro atoms. The molecule has 118 valence electrons. The molecule has 2 aromatic rings. The van der Waals surface area contributed by atoms with E-state index in [-0.39, 0.29) is 0 Å². The number of hydrogen-bond donors (Lipinski definition) is 1. The third-order valence-electron chi connectivity index (χ3n) is 4.05. The highest BCUT2D eigenvalue weighted by Crippen LogP contribution is 2.20. The Balaban J connectivity index is 1.70. The van der Waals surface area contributed by atoms with Crippen LogP contribution in [-0.2, 0) is 22.6 Å². The number of carbonyl (C=O) groups excluding carboxylic acids is 2. The normalized spacial score (nSPS) is 13.4. The summed E-state index contributed by atoms with van der Waals surface area (Å²) in [5.41, 5.74) is 4.00. The summed E-state index contributed by atoms with van der Waals surface area (Å²) >= 11 is 2.22. The van der Waals surface area contributed by atoms with E-state index in [1.165, 1.54) is 5.56 Å².